The molecule has 0 aromatic heterocycles. The molecule has 1 aliphatic heterocycles. The number of fused-ring (bicyclic) bond motifs is 1. The van der Waals surface area contributed by atoms with E-state index in [1.54, 1.807) is 0 Å². The van der Waals surface area contributed by atoms with Gasteiger partial charge in [0, 0.05) is 11.8 Å². The van der Waals surface area contributed by atoms with Crippen molar-refractivity contribution in [3.8, 4) is 11.5 Å². The number of anilines is 1. The molecule has 28 heavy (non-hydrogen) atoms. The van der Waals surface area contributed by atoms with Crippen molar-refractivity contribution in [3.05, 3.63) is 18.2 Å². The Morgan fingerprint density at radius 1 is 0.857 bits per heavy atom. The number of rotatable bonds is 6. The number of hydrogen-bond acceptors (Lipinski definition) is 3. The monoisotopic (exact) mass is 449 g/mol. The smallest absolute Gasteiger partial charge is 0.393 e. The molecule has 0 atom stereocenters. The fourth-order valence-electron chi connectivity index (χ4n) is 1.90. The predicted molar refractivity (Wildman–Crippen MR) is 71.8 cm³/mol. The van der Waals surface area contributed by atoms with Crippen LogP contribution in [0.1, 0.15) is 0 Å². The number of carbonyl (C=O) groups excluding carboxylic acids is 1. The number of hydrogen-bond donors (Lipinski definition) is 1. The lowest BCUT2D eigenvalue weighted by Crippen LogP contribution is -2.68. The molecule has 0 spiro atoms. The Balaban J connectivity index is 2.33. The summed E-state index contributed by atoms with van der Waals surface area (Å²) in [5.74, 6) is -31.6. The topological polar surface area (TPSA) is 47.6 Å². The van der Waals surface area contributed by atoms with Crippen molar-refractivity contribution in [1.82, 2.24) is 0 Å². The van der Waals surface area contributed by atoms with Crippen LogP contribution in [0.15, 0.2) is 18.2 Å². The zero-order valence-electron chi connectivity index (χ0n) is 12.8. The fraction of sp³-hybridized carbons (Fsp3) is 0.462. The molecule has 158 valence electrons. The van der Waals surface area contributed by atoms with Crippen LogP contribution in [0.25, 0.3) is 0 Å². The van der Waals surface area contributed by atoms with Crippen molar-refractivity contribution < 1.29 is 58.2 Å². The minimum atomic E-state index is -7.42. The van der Waals surface area contributed by atoms with Gasteiger partial charge in [0.25, 0.3) is 0 Å². The van der Waals surface area contributed by atoms with Gasteiger partial charge in [0.15, 0.2) is 11.5 Å². The Kier molecular flexibility index (Phi) is 5.11. The van der Waals surface area contributed by atoms with Crippen molar-refractivity contribution in [1.29, 1.82) is 0 Å². The minimum Gasteiger partial charge on any atom is -0.454 e. The van der Waals surface area contributed by atoms with Crippen molar-refractivity contribution in [2.75, 3.05) is 12.1 Å². The first-order valence-corrected chi connectivity index (χ1v) is 7.13. The molecule has 1 aromatic rings. The van der Waals surface area contributed by atoms with E-state index in [1.807, 2.05) is 0 Å². The quantitative estimate of drug-likeness (QED) is 0.505. The molecule has 15 heteroatoms. The second kappa shape index (κ2) is 6.46. The van der Waals surface area contributed by atoms with Crippen LogP contribution in [-0.2, 0) is 4.79 Å². The number of amides is 1. The van der Waals surface area contributed by atoms with E-state index >= 15 is 0 Å². The standard InChI is InChI=1S/C13H6ClF10NO3/c14-13(23,24)12(21,22)11(19,20)10(17,18)9(15,16)8(26)25-5-1-2-6-7(3-5)28-4-27-6/h1-3H,4H2,(H,25,26). The Morgan fingerprint density at radius 3 is 1.93 bits per heavy atom. The van der Waals surface area contributed by atoms with Crippen molar-refractivity contribution in [2.24, 2.45) is 0 Å². The van der Waals surface area contributed by atoms with E-state index < -0.39 is 40.7 Å². The Morgan fingerprint density at radius 2 is 1.39 bits per heavy atom. The lowest BCUT2D eigenvalue weighted by atomic mass is 9.98. The number of alkyl halides is 11. The highest BCUT2D eigenvalue weighted by molar-refractivity contribution is 6.22. The third-order valence-corrected chi connectivity index (χ3v) is 3.69. The molecular formula is C13H6ClF10NO3. The summed E-state index contributed by atoms with van der Waals surface area (Å²) in [7, 11) is 0. The second-order valence-corrected chi connectivity index (χ2v) is 5.79. The van der Waals surface area contributed by atoms with Gasteiger partial charge < -0.3 is 14.8 Å². The van der Waals surface area contributed by atoms with E-state index in [2.05, 4.69) is 11.6 Å². The summed E-state index contributed by atoms with van der Waals surface area (Å²) in [6.45, 7) is -0.311. The van der Waals surface area contributed by atoms with Crippen LogP contribution in [0.2, 0.25) is 0 Å². The highest BCUT2D eigenvalue weighted by Gasteiger charge is 2.87. The first kappa shape index (κ1) is 22.2. The average molecular weight is 450 g/mol. The van der Waals surface area contributed by atoms with Gasteiger partial charge in [0.05, 0.1) is 0 Å². The van der Waals surface area contributed by atoms with Crippen LogP contribution in [0, 0.1) is 0 Å². The van der Waals surface area contributed by atoms with Crippen molar-refractivity contribution >= 4 is 23.2 Å². The van der Waals surface area contributed by atoms with Gasteiger partial charge in [-0.15, -0.1) is 0 Å². The number of carbonyl (C=O) groups is 1. The molecular weight excluding hydrogens is 444 g/mol. The van der Waals surface area contributed by atoms with E-state index in [1.165, 1.54) is 0 Å². The zero-order valence-corrected chi connectivity index (χ0v) is 13.6. The Hall–Kier alpha value is -2.12. The Labute approximate surface area is 153 Å². The maximum Gasteiger partial charge on any atom is 0.393 e. The van der Waals surface area contributed by atoms with Crippen LogP contribution in [0.5, 0.6) is 11.5 Å². The van der Waals surface area contributed by atoms with Crippen LogP contribution in [0.4, 0.5) is 49.6 Å². The minimum absolute atomic E-state index is 0.0607. The second-order valence-electron chi connectivity index (χ2n) is 5.32. The molecule has 1 heterocycles. The SMILES string of the molecule is O=C(Nc1ccc2c(c1)OCO2)C(F)(F)C(F)(F)C(F)(F)C(F)(F)C(F)(F)Cl. The first-order valence-electron chi connectivity index (χ1n) is 6.76. The zero-order chi connectivity index (χ0) is 21.8. The molecule has 2 rings (SSSR count). The van der Waals surface area contributed by atoms with Gasteiger partial charge >= 0.3 is 35.0 Å². The number of nitrogens with one attached hydrogen (secondary N) is 1. The van der Waals surface area contributed by atoms with Crippen molar-refractivity contribution in [3.63, 3.8) is 0 Å². The molecule has 0 unspecified atom stereocenters. The van der Waals surface area contributed by atoms with Crippen LogP contribution < -0.4 is 14.8 Å². The van der Waals surface area contributed by atoms with E-state index in [-0.39, 0.29) is 18.3 Å². The first-order chi connectivity index (χ1) is 12.5. The van der Waals surface area contributed by atoms with E-state index in [0.29, 0.717) is 0 Å². The van der Waals surface area contributed by atoms with Gasteiger partial charge in [-0.05, 0) is 23.7 Å². The third kappa shape index (κ3) is 3.16. The van der Waals surface area contributed by atoms with Crippen LogP contribution in [0.3, 0.4) is 0 Å². The summed E-state index contributed by atoms with van der Waals surface area (Å²) in [4.78, 5) is 11.4. The van der Waals surface area contributed by atoms with E-state index in [0.717, 1.165) is 23.5 Å². The fourth-order valence-corrected chi connectivity index (χ4v) is 2.02. The molecule has 1 amide bonds. The maximum atomic E-state index is 13.6. The summed E-state index contributed by atoms with van der Waals surface area (Å²) >= 11 is 3.66. The van der Waals surface area contributed by atoms with E-state index in [4.69, 9.17) is 9.47 Å². The molecule has 0 bridgehead atoms. The average Bonchev–Trinajstić information content (AvgIpc) is 3.00. The largest absolute Gasteiger partial charge is 0.454 e. The number of benzene rings is 1. The van der Waals surface area contributed by atoms with Gasteiger partial charge in [-0.1, -0.05) is 0 Å². The molecule has 0 fully saturated rings. The lowest BCUT2D eigenvalue weighted by Gasteiger charge is -2.37. The van der Waals surface area contributed by atoms with Gasteiger partial charge in [-0.2, -0.15) is 43.9 Å². The maximum absolute atomic E-state index is 13.6. The van der Waals surface area contributed by atoms with Crippen LogP contribution in [-0.4, -0.2) is 41.8 Å². The number of halogens is 11. The molecule has 1 N–H and O–H groups in total. The van der Waals surface area contributed by atoms with Gasteiger partial charge in [-0.25, -0.2) is 0 Å². The number of ether oxygens (including phenoxy) is 2. The Bertz CT molecular complexity index is 780. The van der Waals surface area contributed by atoms with Gasteiger partial charge in [0.2, 0.25) is 6.79 Å². The molecule has 1 aliphatic rings. The molecule has 1 aromatic carbocycles. The normalized spacial score (nSPS) is 15.5. The molecule has 0 radical (unpaired) electrons. The third-order valence-electron chi connectivity index (χ3n) is 3.45. The molecule has 0 aliphatic carbocycles. The van der Waals surface area contributed by atoms with E-state index in [9.17, 15) is 48.7 Å². The summed E-state index contributed by atoms with van der Waals surface area (Å²) in [6.07, 6.45) is 0. The highest BCUT2D eigenvalue weighted by atomic mass is 35.5. The summed E-state index contributed by atoms with van der Waals surface area (Å²) in [5, 5.41) is -5.25. The lowest BCUT2D eigenvalue weighted by molar-refractivity contribution is -0.381. The molecule has 0 saturated carbocycles. The molecule has 0 saturated heterocycles. The summed E-state index contributed by atoms with van der Waals surface area (Å²) in [5.41, 5.74) is -0.692. The highest BCUT2D eigenvalue weighted by Crippen LogP contribution is 2.58. The van der Waals surface area contributed by atoms with Gasteiger partial charge in [-0.3, -0.25) is 4.79 Å². The van der Waals surface area contributed by atoms with Crippen molar-refractivity contribution in [2.45, 2.75) is 29.1 Å². The van der Waals surface area contributed by atoms with Crippen LogP contribution >= 0.6 is 11.6 Å². The predicted octanol–water partition coefficient (Wildman–Crippen LogP) is 4.73. The van der Waals surface area contributed by atoms with Gasteiger partial charge in [0.1, 0.15) is 0 Å². The molecule has 4 nitrogen and oxygen atoms in total. The summed E-state index contributed by atoms with van der Waals surface area (Å²) < 4.78 is 141. The summed E-state index contributed by atoms with van der Waals surface area (Å²) in [6, 6.07) is 2.60.